The van der Waals surface area contributed by atoms with E-state index in [0.29, 0.717) is 34.8 Å². The summed E-state index contributed by atoms with van der Waals surface area (Å²) in [6.45, 7) is 5.63. The number of methoxy groups -OCH3 is 3. The number of nitrogens with zero attached hydrogens (tertiary/aromatic N) is 7. The number of nitrogens with one attached hydrogen (secondary N) is 2. The van der Waals surface area contributed by atoms with Crippen LogP contribution in [0.5, 0.6) is 17.2 Å². The van der Waals surface area contributed by atoms with Crippen LogP contribution in [0.1, 0.15) is 18.5 Å². The van der Waals surface area contributed by atoms with Crippen LogP contribution in [0.15, 0.2) is 36.8 Å². The third-order valence-corrected chi connectivity index (χ3v) is 7.79. The van der Waals surface area contributed by atoms with Crippen LogP contribution < -0.4 is 29.7 Å². The number of hydrogen-bond donors (Lipinski definition) is 3. The first-order valence-electron chi connectivity index (χ1n) is 13.9. The van der Waals surface area contributed by atoms with Crippen LogP contribution in [0.4, 0.5) is 17.6 Å². The summed E-state index contributed by atoms with van der Waals surface area (Å²) in [4.78, 5) is 14.1. The molecule has 2 fully saturated rings. The minimum atomic E-state index is 0.00622. The summed E-state index contributed by atoms with van der Waals surface area (Å²) in [6, 6.07) is 7.90. The van der Waals surface area contributed by atoms with Gasteiger partial charge >= 0.3 is 0 Å². The van der Waals surface area contributed by atoms with E-state index in [4.69, 9.17) is 24.3 Å². The first kappa shape index (κ1) is 27.1. The van der Waals surface area contributed by atoms with Gasteiger partial charge in [0.25, 0.3) is 0 Å². The number of anilines is 3. The molecule has 0 spiro atoms. The van der Waals surface area contributed by atoms with Crippen molar-refractivity contribution in [1.82, 2.24) is 34.4 Å². The molecular weight excluding hydrogens is 526 g/mol. The molecule has 2 saturated heterocycles. The lowest BCUT2D eigenvalue weighted by Crippen LogP contribution is -2.43. The highest BCUT2D eigenvalue weighted by atomic mass is 16.5. The molecule has 0 radical (unpaired) electrons. The molecule has 0 aliphatic carbocycles. The van der Waals surface area contributed by atoms with Gasteiger partial charge in [0.15, 0.2) is 17.3 Å². The van der Waals surface area contributed by atoms with Crippen LogP contribution in [0.3, 0.4) is 0 Å². The van der Waals surface area contributed by atoms with Gasteiger partial charge in [0.2, 0.25) is 11.7 Å². The van der Waals surface area contributed by atoms with Crippen molar-refractivity contribution in [3.05, 3.63) is 42.5 Å². The largest absolute Gasteiger partial charge is 0.493 e. The van der Waals surface area contributed by atoms with Gasteiger partial charge in [-0.15, -0.1) is 5.10 Å². The predicted octanol–water partition coefficient (Wildman–Crippen LogP) is 2.05. The van der Waals surface area contributed by atoms with E-state index in [1.807, 2.05) is 33.5 Å². The molecule has 2 aliphatic heterocycles. The fourth-order valence-electron chi connectivity index (χ4n) is 5.62. The molecule has 0 bridgehead atoms. The molecule has 1 atom stereocenters. The second kappa shape index (κ2) is 11.8. The third kappa shape index (κ3) is 5.35. The lowest BCUT2D eigenvalue weighted by atomic mass is 10.2. The molecule has 3 N–H and O–H groups in total. The lowest BCUT2D eigenvalue weighted by Gasteiger charge is -2.27. The Morgan fingerprint density at radius 2 is 1.83 bits per heavy atom. The number of hydrogen-bond acceptors (Lipinski definition) is 11. The minimum Gasteiger partial charge on any atom is -0.493 e. The van der Waals surface area contributed by atoms with Crippen molar-refractivity contribution in [2.45, 2.75) is 25.4 Å². The molecule has 13 nitrogen and oxygen atoms in total. The SMILES string of the molecule is COc1cc(-n2cnc(Nc3nc(N4CCC[C@H]4CO)nn4c(CN5CCNCC5)ccc34)c2)cc(OC)c1OC. The molecule has 5 heterocycles. The fraction of sp³-hybridized carbons (Fsp3) is 0.464. The molecular formula is C28H37N9O4. The van der Waals surface area contributed by atoms with Gasteiger partial charge in [0, 0.05) is 51.4 Å². The van der Waals surface area contributed by atoms with Gasteiger partial charge in [0.05, 0.1) is 51.6 Å². The maximum absolute atomic E-state index is 9.99. The molecule has 3 aromatic heterocycles. The molecule has 218 valence electrons. The Morgan fingerprint density at radius 1 is 1.05 bits per heavy atom. The zero-order valence-corrected chi connectivity index (χ0v) is 23.7. The maximum atomic E-state index is 9.99. The number of aliphatic hydroxyl groups excluding tert-OH is 1. The van der Waals surface area contributed by atoms with E-state index in [9.17, 15) is 5.11 Å². The summed E-state index contributed by atoms with van der Waals surface area (Å²) < 4.78 is 20.4. The van der Waals surface area contributed by atoms with Crippen LogP contribution in [0.25, 0.3) is 11.2 Å². The van der Waals surface area contributed by atoms with E-state index in [1.54, 1.807) is 27.7 Å². The van der Waals surface area contributed by atoms with Crippen molar-refractivity contribution in [1.29, 1.82) is 0 Å². The average Bonchev–Trinajstić information content (AvgIpc) is 3.77. The molecule has 1 aromatic carbocycles. The van der Waals surface area contributed by atoms with E-state index in [0.717, 1.165) is 69.0 Å². The first-order valence-corrected chi connectivity index (χ1v) is 13.9. The third-order valence-electron chi connectivity index (χ3n) is 7.79. The Hall–Kier alpha value is -4.07. The molecule has 13 heteroatoms. The van der Waals surface area contributed by atoms with E-state index in [2.05, 4.69) is 31.5 Å². The van der Waals surface area contributed by atoms with Crippen molar-refractivity contribution >= 4 is 23.1 Å². The number of aliphatic hydroxyl groups is 1. The van der Waals surface area contributed by atoms with E-state index >= 15 is 0 Å². The van der Waals surface area contributed by atoms with Crippen molar-refractivity contribution < 1.29 is 19.3 Å². The molecule has 2 aliphatic rings. The van der Waals surface area contributed by atoms with Crippen LogP contribution in [0.2, 0.25) is 0 Å². The zero-order valence-electron chi connectivity index (χ0n) is 23.7. The maximum Gasteiger partial charge on any atom is 0.245 e. The lowest BCUT2D eigenvalue weighted by molar-refractivity contribution is 0.229. The molecule has 0 unspecified atom stereocenters. The normalized spacial score (nSPS) is 17.8. The number of piperazine rings is 1. The van der Waals surface area contributed by atoms with Crippen LogP contribution in [0, 0.1) is 0 Å². The Morgan fingerprint density at radius 3 is 2.54 bits per heavy atom. The minimum absolute atomic E-state index is 0.00622. The summed E-state index contributed by atoms with van der Waals surface area (Å²) in [6.07, 6.45) is 5.52. The monoisotopic (exact) mass is 563 g/mol. The Balaban J connectivity index is 1.35. The van der Waals surface area contributed by atoms with E-state index in [1.165, 1.54) is 0 Å². The second-order valence-corrected chi connectivity index (χ2v) is 10.3. The summed E-state index contributed by atoms with van der Waals surface area (Å²) >= 11 is 0. The summed E-state index contributed by atoms with van der Waals surface area (Å²) in [5.74, 6) is 3.51. The highest BCUT2D eigenvalue weighted by molar-refractivity contribution is 5.74. The van der Waals surface area contributed by atoms with E-state index in [-0.39, 0.29) is 12.6 Å². The van der Waals surface area contributed by atoms with E-state index < -0.39 is 0 Å². The average molecular weight is 564 g/mol. The Labute approximate surface area is 238 Å². The van der Waals surface area contributed by atoms with Crippen LogP contribution >= 0.6 is 0 Å². The molecule has 41 heavy (non-hydrogen) atoms. The van der Waals surface area contributed by atoms with Crippen molar-refractivity contribution in [3.8, 4) is 22.9 Å². The number of benzene rings is 1. The number of rotatable bonds is 10. The van der Waals surface area contributed by atoms with Crippen molar-refractivity contribution in [3.63, 3.8) is 0 Å². The second-order valence-electron chi connectivity index (χ2n) is 10.3. The highest BCUT2D eigenvalue weighted by Crippen LogP contribution is 2.39. The molecule has 6 rings (SSSR count). The standard InChI is InChI=1S/C28H37N9O4/c1-39-23-13-21(14-24(40-2)26(23)41-3)35-16-25(30-18-35)31-27-22-7-6-19(15-34-11-8-29-9-12-34)37(22)33-28(32-27)36-10-4-5-20(36)17-38/h6-7,13-14,16,18,20,29,38H,4-5,8-12,15,17H2,1-3H3,(H,31,32,33)/t20-/m0/s1. The highest BCUT2D eigenvalue weighted by Gasteiger charge is 2.28. The van der Waals surface area contributed by atoms with Gasteiger partial charge in [-0.1, -0.05) is 0 Å². The van der Waals surface area contributed by atoms with Gasteiger partial charge < -0.3 is 39.4 Å². The topological polar surface area (TPSA) is 126 Å². The Kier molecular flexibility index (Phi) is 7.81. The van der Waals surface area contributed by atoms with Gasteiger partial charge in [-0.2, -0.15) is 4.98 Å². The Bertz CT molecular complexity index is 1470. The fourth-order valence-corrected chi connectivity index (χ4v) is 5.62. The van der Waals surface area contributed by atoms with Gasteiger partial charge in [0.1, 0.15) is 17.7 Å². The van der Waals surface area contributed by atoms with Crippen LogP contribution in [-0.2, 0) is 6.54 Å². The van der Waals surface area contributed by atoms with Gasteiger partial charge in [-0.25, -0.2) is 9.50 Å². The van der Waals surface area contributed by atoms with Crippen LogP contribution in [-0.4, -0.2) is 101 Å². The smallest absolute Gasteiger partial charge is 0.245 e. The molecule has 4 aromatic rings. The number of fused-ring (bicyclic) bond motifs is 1. The first-order chi connectivity index (χ1) is 20.1. The molecule has 0 saturated carbocycles. The summed E-state index contributed by atoms with van der Waals surface area (Å²) in [7, 11) is 4.77. The molecule has 0 amide bonds. The van der Waals surface area contributed by atoms with Crippen molar-refractivity contribution in [2.24, 2.45) is 0 Å². The van der Waals surface area contributed by atoms with Gasteiger partial charge in [-0.05, 0) is 25.0 Å². The number of imidazole rings is 1. The predicted molar refractivity (Wildman–Crippen MR) is 155 cm³/mol. The summed E-state index contributed by atoms with van der Waals surface area (Å²) in [5, 5.41) is 21.8. The zero-order chi connectivity index (χ0) is 28.3. The van der Waals surface area contributed by atoms with Crippen molar-refractivity contribution in [2.75, 3.05) is 70.9 Å². The quantitative estimate of drug-likeness (QED) is 0.262. The number of ether oxygens (including phenoxy) is 3. The summed E-state index contributed by atoms with van der Waals surface area (Å²) in [5.41, 5.74) is 2.76. The number of aromatic nitrogens is 5. The van der Waals surface area contributed by atoms with Gasteiger partial charge in [-0.3, -0.25) is 4.90 Å².